The van der Waals surface area contributed by atoms with Gasteiger partial charge in [0, 0.05) is 5.69 Å². The average Bonchev–Trinajstić information content (AvgIpc) is 2.28. The number of nitrogens with one attached hydrogen (secondary N) is 2. The Kier molecular flexibility index (Phi) is 4.30. The van der Waals surface area contributed by atoms with Crippen LogP contribution in [0.1, 0.15) is 12.5 Å². The smallest absolute Gasteiger partial charge is 0.319 e. The summed E-state index contributed by atoms with van der Waals surface area (Å²) in [7, 11) is 0. The molecular weight excluding hydrogens is 206 g/mol. The molecule has 1 unspecified atom stereocenters. The highest BCUT2D eigenvalue weighted by atomic mass is 16.3. The van der Waals surface area contributed by atoms with Crippen LogP contribution in [0.3, 0.4) is 0 Å². The fourth-order valence-corrected chi connectivity index (χ4v) is 1.10. The molecule has 2 amide bonds. The van der Waals surface area contributed by atoms with Gasteiger partial charge in [0.15, 0.2) is 0 Å². The third-order valence-corrected chi connectivity index (χ3v) is 1.90. The van der Waals surface area contributed by atoms with Gasteiger partial charge in [0.1, 0.15) is 0 Å². The molecule has 3 N–H and O–H groups in total. The zero-order valence-corrected chi connectivity index (χ0v) is 8.90. The van der Waals surface area contributed by atoms with Crippen LogP contribution in [0.4, 0.5) is 10.5 Å². The van der Waals surface area contributed by atoms with Crippen LogP contribution in [0.2, 0.25) is 0 Å². The molecule has 0 aliphatic carbocycles. The first-order valence-corrected chi connectivity index (χ1v) is 4.84. The Morgan fingerprint density at radius 3 is 3.00 bits per heavy atom. The molecule has 1 aromatic carbocycles. The lowest BCUT2D eigenvalue weighted by Gasteiger charge is -2.11. The number of urea groups is 1. The minimum atomic E-state index is -0.406. The van der Waals surface area contributed by atoms with Crippen LogP contribution >= 0.6 is 0 Å². The number of aliphatic hydroxyl groups is 1. The SMILES string of the molecule is CC(CO)NC(=O)Nc1cccc(C#N)c1. The standard InChI is InChI=1S/C11H13N3O2/c1-8(7-15)13-11(16)14-10-4-2-3-9(5-10)6-12/h2-5,8,15H,7H2,1H3,(H2,13,14,16). The number of rotatable bonds is 3. The molecule has 16 heavy (non-hydrogen) atoms. The van der Waals surface area contributed by atoms with Gasteiger partial charge in [-0.15, -0.1) is 0 Å². The van der Waals surface area contributed by atoms with Gasteiger partial charge < -0.3 is 15.7 Å². The van der Waals surface area contributed by atoms with E-state index in [2.05, 4.69) is 10.6 Å². The Balaban J connectivity index is 2.60. The van der Waals surface area contributed by atoms with Crippen LogP contribution in [0.5, 0.6) is 0 Å². The molecule has 0 radical (unpaired) electrons. The van der Waals surface area contributed by atoms with Crippen molar-refractivity contribution in [3.05, 3.63) is 29.8 Å². The second kappa shape index (κ2) is 5.73. The van der Waals surface area contributed by atoms with Crippen LogP contribution in [-0.4, -0.2) is 23.8 Å². The number of nitrogens with zero attached hydrogens (tertiary/aromatic N) is 1. The summed E-state index contributed by atoms with van der Waals surface area (Å²) in [5.74, 6) is 0. The zero-order valence-electron chi connectivity index (χ0n) is 8.90. The molecule has 1 aromatic rings. The van der Waals surface area contributed by atoms with Gasteiger partial charge in [-0.25, -0.2) is 4.79 Å². The summed E-state index contributed by atoms with van der Waals surface area (Å²) in [6, 6.07) is 7.86. The van der Waals surface area contributed by atoms with E-state index in [1.807, 2.05) is 6.07 Å². The van der Waals surface area contributed by atoms with Crippen molar-refractivity contribution < 1.29 is 9.90 Å². The maximum atomic E-state index is 11.4. The van der Waals surface area contributed by atoms with Crippen molar-refractivity contribution in [2.45, 2.75) is 13.0 Å². The number of benzene rings is 1. The van der Waals surface area contributed by atoms with Gasteiger partial charge in [-0.3, -0.25) is 0 Å². The Morgan fingerprint density at radius 1 is 1.62 bits per heavy atom. The molecule has 1 rings (SSSR count). The summed E-state index contributed by atoms with van der Waals surface area (Å²) in [6.45, 7) is 1.57. The first-order chi connectivity index (χ1) is 7.65. The molecule has 0 fully saturated rings. The highest BCUT2D eigenvalue weighted by Crippen LogP contribution is 2.09. The fraction of sp³-hybridized carbons (Fsp3) is 0.273. The molecule has 0 spiro atoms. The van der Waals surface area contributed by atoms with Crippen molar-refractivity contribution in [1.82, 2.24) is 5.32 Å². The molecule has 0 aromatic heterocycles. The minimum Gasteiger partial charge on any atom is -0.394 e. The number of carbonyl (C=O) groups excluding carboxylic acids is 1. The first-order valence-electron chi connectivity index (χ1n) is 4.84. The molecule has 0 aliphatic heterocycles. The van der Waals surface area contributed by atoms with Crippen molar-refractivity contribution in [1.29, 1.82) is 5.26 Å². The summed E-state index contributed by atoms with van der Waals surface area (Å²) >= 11 is 0. The van der Waals surface area contributed by atoms with Crippen LogP contribution in [0.25, 0.3) is 0 Å². The van der Waals surface area contributed by atoms with Crippen LogP contribution in [0, 0.1) is 11.3 Å². The topological polar surface area (TPSA) is 85.2 Å². The third kappa shape index (κ3) is 3.59. The number of hydrogen-bond acceptors (Lipinski definition) is 3. The molecule has 0 saturated carbocycles. The third-order valence-electron chi connectivity index (χ3n) is 1.90. The molecule has 1 atom stereocenters. The van der Waals surface area contributed by atoms with E-state index >= 15 is 0 Å². The number of anilines is 1. The van der Waals surface area contributed by atoms with Crippen molar-refractivity contribution in [2.75, 3.05) is 11.9 Å². The summed E-state index contributed by atoms with van der Waals surface area (Å²) in [5, 5.41) is 22.5. The van der Waals surface area contributed by atoms with Gasteiger partial charge in [-0.2, -0.15) is 5.26 Å². The van der Waals surface area contributed by atoms with E-state index in [1.165, 1.54) is 0 Å². The first kappa shape index (κ1) is 12.0. The second-order valence-corrected chi connectivity index (χ2v) is 3.37. The van der Waals surface area contributed by atoms with Crippen molar-refractivity contribution in [3.63, 3.8) is 0 Å². The number of nitriles is 1. The van der Waals surface area contributed by atoms with Crippen LogP contribution < -0.4 is 10.6 Å². The molecule has 0 heterocycles. The van der Waals surface area contributed by atoms with Crippen molar-refractivity contribution in [3.8, 4) is 6.07 Å². The Bertz CT molecular complexity index is 412. The predicted molar refractivity (Wildman–Crippen MR) is 59.9 cm³/mol. The largest absolute Gasteiger partial charge is 0.394 e. The predicted octanol–water partition coefficient (Wildman–Crippen LogP) is 1.06. The van der Waals surface area contributed by atoms with E-state index in [9.17, 15) is 4.79 Å². The van der Waals surface area contributed by atoms with Crippen LogP contribution in [0.15, 0.2) is 24.3 Å². The van der Waals surface area contributed by atoms with E-state index in [-0.39, 0.29) is 12.6 Å². The Morgan fingerprint density at radius 2 is 2.38 bits per heavy atom. The molecule has 5 heteroatoms. The lowest BCUT2D eigenvalue weighted by atomic mass is 10.2. The van der Waals surface area contributed by atoms with Gasteiger partial charge in [-0.05, 0) is 25.1 Å². The number of carbonyl (C=O) groups is 1. The molecule has 84 valence electrons. The van der Waals surface area contributed by atoms with Gasteiger partial charge in [0.25, 0.3) is 0 Å². The van der Waals surface area contributed by atoms with E-state index < -0.39 is 6.03 Å². The quantitative estimate of drug-likeness (QED) is 0.710. The maximum absolute atomic E-state index is 11.4. The zero-order chi connectivity index (χ0) is 12.0. The number of aliphatic hydroxyl groups excluding tert-OH is 1. The van der Waals surface area contributed by atoms with Gasteiger partial charge >= 0.3 is 6.03 Å². The van der Waals surface area contributed by atoms with Crippen molar-refractivity contribution in [2.24, 2.45) is 0 Å². The highest BCUT2D eigenvalue weighted by molar-refractivity contribution is 5.89. The number of hydrogen-bond donors (Lipinski definition) is 3. The van der Waals surface area contributed by atoms with E-state index in [0.717, 1.165) is 0 Å². The van der Waals surface area contributed by atoms with E-state index in [0.29, 0.717) is 11.3 Å². The van der Waals surface area contributed by atoms with Gasteiger partial charge in [0.05, 0.1) is 24.3 Å². The lowest BCUT2D eigenvalue weighted by Crippen LogP contribution is -2.38. The molecule has 5 nitrogen and oxygen atoms in total. The van der Waals surface area contributed by atoms with E-state index in [1.54, 1.807) is 31.2 Å². The summed E-state index contributed by atoms with van der Waals surface area (Å²) < 4.78 is 0. The Hall–Kier alpha value is -2.06. The van der Waals surface area contributed by atoms with Crippen LogP contribution in [-0.2, 0) is 0 Å². The molecular formula is C11H13N3O2. The molecule has 0 saturated heterocycles. The van der Waals surface area contributed by atoms with Crippen molar-refractivity contribution >= 4 is 11.7 Å². The summed E-state index contributed by atoms with van der Waals surface area (Å²) in [6.07, 6.45) is 0. The highest BCUT2D eigenvalue weighted by Gasteiger charge is 2.05. The molecule has 0 bridgehead atoms. The monoisotopic (exact) mass is 219 g/mol. The molecule has 0 aliphatic rings. The summed E-state index contributed by atoms with van der Waals surface area (Å²) in [4.78, 5) is 11.4. The normalized spacial score (nSPS) is 11.3. The van der Waals surface area contributed by atoms with Gasteiger partial charge in [-0.1, -0.05) is 6.07 Å². The van der Waals surface area contributed by atoms with E-state index in [4.69, 9.17) is 10.4 Å². The number of amides is 2. The summed E-state index contributed by atoms with van der Waals surface area (Å²) in [5.41, 5.74) is 1.02. The maximum Gasteiger partial charge on any atom is 0.319 e. The van der Waals surface area contributed by atoms with Gasteiger partial charge in [0.2, 0.25) is 0 Å². The lowest BCUT2D eigenvalue weighted by molar-refractivity contribution is 0.229. The Labute approximate surface area is 93.7 Å². The minimum absolute atomic E-state index is 0.119. The average molecular weight is 219 g/mol. The second-order valence-electron chi connectivity index (χ2n) is 3.37. The fourth-order valence-electron chi connectivity index (χ4n) is 1.10.